The number of aliphatic carboxylic acids is 1. The van der Waals surface area contributed by atoms with Crippen LogP contribution in [-0.4, -0.2) is 93.6 Å². The molecule has 0 spiro atoms. The molecule has 61 heavy (non-hydrogen) atoms. The molecule has 0 unspecified atom stereocenters. The summed E-state index contributed by atoms with van der Waals surface area (Å²) in [5, 5.41) is 22.8. The number of aromatic amines is 1. The normalized spacial score (nSPS) is 20.1. The third kappa shape index (κ3) is 10.4. The second-order valence-corrected chi connectivity index (χ2v) is 16.4. The number of nitrogens with two attached hydrogens (primary N) is 1. The van der Waals surface area contributed by atoms with Crippen molar-refractivity contribution in [3.8, 4) is 22.5 Å². The monoisotopic (exact) mass is 848 g/mol. The number of amides is 3. The van der Waals surface area contributed by atoms with E-state index in [4.69, 9.17) is 10.8 Å². The van der Waals surface area contributed by atoms with E-state index in [-0.39, 0.29) is 41.4 Å². The molecular formula is C44H52F4N8O5. The summed E-state index contributed by atoms with van der Waals surface area (Å²) in [7, 11) is 4.18. The Balaban J connectivity index is 1.13. The topological polar surface area (TPSA) is 195 Å². The maximum Gasteiger partial charge on any atom is 0.411 e. The van der Waals surface area contributed by atoms with Gasteiger partial charge in [-0.15, -0.1) is 0 Å². The number of alkyl halides is 4. The highest BCUT2D eigenvalue weighted by molar-refractivity contribution is 5.98. The number of carboxylic acid groups (broad SMARTS) is 1. The number of nitrogens with one attached hydrogen (secondary N) is 4. The van der Waals surface area contributed by atoms with Crippen LogP contribution in [0.1, 0.15) is 78.7 Å². The van der Waals surface area contributed by atoms with E-state index >= 15 is 0 Å². The summed E-state index contributed by atoms with van der Waals surface area (Å²) < 4.78 is 56.0. The van der Waals surface area contributed by atoms with Gasteiger partial charge in [0.05, 0.1) is 0 Å². The number of aryl methyl sites for hydroxylation is 1. The highest BCUT2D eigenvalue weighted by Crippen LogP contribution is 2.42. The summed E-state index contributed by atoms with van der Waals surface area (Å²) in [6.45, 7) is 2.51. The summed E-state index contributed by atoms with van der Waals surface area (Å²) in [4.78, 5) is 56.9. The van der Waals surface area contributed by atoms with Crippen LogP contribution in [0.25, 0.3) is 22.5 Å². The number of hydrogen-bond acceptors (Lipinski definition) is 8. The van der Waals surface area contributed by atoms with Gasteiger partial charge in [-0.3, -0.25) is 19.5 Å². The Morgan fingerprint density at radius 1 is 0.885 bits per heavy atom. The third-order valence-corrected chi connectivity index (χ3v) is 12.0. The average molecular weight is 849 g/mol. The molecule has 0 aliphatic heterocycles. The molecule has 3 aromatic carbocycles. The first-order valence-electron chi connectivity index (χ1n) is 20.5. The molecule has 6 rings (SSSR count). The molecule has 0 bridgehead atoms. The van der Waals surface area contributed by atoms with E-state index in [1.807, 2.05) is 49.4 Å². The standard InChI is InChI=1S/C44H52F4N8O5/c1-25-22-31(39(58)50-33-17-19-34(20-18-33)56(2)3)14-21-35(25)28-8-4-26(5-9-28)23-36(52-38(57)30-10-6-27(24-49)7-11-30)40(59)51-32-15-12-29(13-16-32)37-53-41(55-54-37)43(45,46)44(47,48)42(60)61/h4-5,8-9,12-16,21-22,27,30,33-34,36H,6-7,10-11,17-20,23-24,49H2,1-3H3,(H,50,58)(H,51,59)(H,52,57)(H,60,61)(H,53,54,55)/t27?,30?,33?,34?,36-/m0/s1. The zero-order valence-electron chi connectivity index (χ0n) is 34.3. The first-order chi connectivity index (χ1) is 29.0. The van der Waals surface area contributed by atoms with Crippen molar-refractivity contribution in [2.24, 2.45) is 17.6 Å². The van der Waals surface area contributed by atoms with Crippen molar-refractivity contribution >= 4 is 29.4 Å². The quantitative estimate of drug-likeness (QED) is 0.0746. The Kier molecular flexibility index (Phi) is 13.9. The van der Waals surface area contributed by atoms with E-state index in [1.165, 1.54) is 24.3 Å². The Bertz CT molecular complexity index is 2180. The number of benzene rings is 3. The van der Waals surface area contributed by atoms with Gasteiger partial charge in [0, 0.05) is 41.2 Å². The molecule has 326 valence electrons. The lowest BCUT2D eigenvalue weighted by Gasteiger charge is -2.33. The van der Waals surface area contributed by atoms with E-state index in [0.29, 0.717) is 36.9 Å². The molecule has 1 aromatic heterocycles. The molecule has 0 radical (unpaired) electrons. The smallest absolute Gasteiger partial charge is 0.411 e. The lowest BCUT2D eigenvalue weighted by atomic mass is 9.81. The van der Waals surface area contributed by atoms with Gasteiger partial charge >= 0.3 is 17.8 Å². The van der Waals surface area contributed by atoms with Gasteiger partial charge < -0.3 is 31.7 Å². The van der Waals surface area contributed by atoms with Crippen molar-refractivity contribution in [2.45, 2.75) is 94.7 Å². The number of H-pyrrole nitrogens is 1. The second kappa shape index (κ2) is 18.9. The maximum atomic E-state index is 14.3. The molecule has 13 nitrogen and oxygen atoms in total. The number of carbonyl (C=O) groups excluding carboxylic acids is 3. The van der Waals surface area contributed by atoms with Crippen LogP contribution < -0.4 is 21.7 Å². The van der Waals surface area contributed by atoms with Crippen LogP contribution in [0.5, 0.6) is 0 Å². The number of anilines is 1. The predicted octanol–water partition coefficient (Wildman–Crippen LogP) is 6.29. The van der Waals surface area contributed by atoms with Gasteiger partial charge in [-0.1, -0.05) is 30.3 Å². The van der Waals surface area contributed by atoms with Crippen molar-refractivity contribution in [3.63, 3.8) is 0 Å². The van der Waals surface area contributed by atoms with Gasteiger partial charge in [-0.05, 0) is 144 Å². The van der Waals surface area contributed by atoms with Crippen LogP contribution in [0.2, 0.25) is 0 Å². The Morgan fingerprint density at radius 3 is 2.11 bits per heavy atom. The van der Waals surface area contributed by atoms with Gasteiger partial charge in [0.1, 0.15) is 6.04 Å². The summed E-state index contributed by atoms with van der Waals surface area (Å²) in [6.07, 6.45) is 7.07. The third-order valence-electron chi connectivity index (χ3n) is 12.0. The zero-order chi connectivity index (χ0) is 44.1. The van der Waals surface area contributed by atoms with Crippen molar-refractivity contribution < 1.29 is 41.8 Å². The molecule has 2 fully saturated rings. The summed E-state index contributed by atoms with van der Waals surface area (Å²) in [6, 6.07) is 18.5. The van der Waals surface area contributed by atoms with Crippen molar-refractivity contribution in [3.05, 3.63) is 89.2 Å². The first kappa shape index (κ1) is 44.9. The van der Waals surface area contributed by atoms with E-state index in [0.717, 1.165) is 60.8 Å². The molecule has 4 aromatic rings. The molecule has 3 amide bonds. The molecule has 7 N–H and O–H groups in total. The van der Waals surface area contributed by atoms with E-state index in [1.54, 1.807) is 5.10 Å². The predicted molar refractivity (Wildman–Crippen MR) is 221 cm³/mol. The molecule has 1 atom stereocenters. The zero-order valence-corrected chi connectivity index (χ0v) is 34.3. The number of hydrogen-bond donors (Lipinski definition) is 6. The Labute approximate surface area is 351 Å². The number of rotatable bonds is 15. The fourth-order valence-corrected chi connectivity index (χ4v) is 8.10. The first-order valence-corrected chi connectivity index (χ1v) is 20.5. The fourth-order valence-electron chi connectivity index (χ4n) is 8.10. The summed E-state index contributed by atoms with van der Waals surface area (Å²) in [5.74, 6) is -16.4. The van der Waals surface area contributed by atoms with Gasteiger partial charge in [0.2, 0.25) is 17.6 Å². The highest BCUT2D eigenvalue weighted by Gasteiger charge is 2.65. The minimum absolute atomic E-state index is 0.0895. The SMILES string of the molecule is Cc1cc(C(=O)NC2CCC(N(C)C)CC2)ccc1-c1ccc(C[C@H](NC(=O)C2CCC(CN)CC2)C(=O)Nc2ccc(-c3n[nH]c(C(F)(F)C(F)(F)C(=O)O)n3)cc2)cc1. The molecular weight excluding hydrogens is 797 g/mol. The van der Waals surface area contributed by atoms with E-state index in [2.05, 4.69) is 45.0 Å². The van der Waals surface area contributed by atoms with Crippen LogP contribution in [0.3, 0.4) is 0 Å². The fraction of sp³-hybridized carbons (Fsp3) is 0.455. The van der Waals surface area contributed by atoms with Crippen LogP contribution in [-0.2, 0) is 26.7 Å². The molecule has 17 heteroatoms. The van der Waals surface area contributed by atoms with Crippen molar-refractivity contribution in [2.75, 3.05) is 26.0 Å². The lowest BCUT2D eigenvalue weighted by molar-refractivity contribution is -0.231. The number of carboxylic acids is 1. The summed E-state index contributed by atoms with van der Waals surface area (Å²) >= 11 is 0. The average Bonchev–Trinajstić information content (AvgIpc) is 3.75. The minimum atomic E-state index is -5.44. The molecule has 2 saturated carbocycles. The highest BCUT2D eigenvalue weighted by atomic mass is 19.3. The number of carbonyl (C=O) groups is 4. The molecule has 2 aliphatic rings. The number of aromatic nitrogens is 3. The van der Waals surface area contributed by atoms with Gasteiger partial charge in [-0.2, -0.15) is 22.7 Å². The van der Waals surface area contributed by atoms with Crippen LogP contribution in [0.4, 0.5) is 23.2 Å². The van der Waals surface area contributed by atoms with Gasteiger partial charge in [0.15, 0.2) is 5.82 Å². The van der Waals surface area contributed by atoms with Gasteiger partial charge in [0.25, 0.3) is 5.91 Å². The van der Waals surface area contributed by atoms with E-state index in [9.17, 15) is 36.7 Å². The van der Waals surface area contributed by atoms with Crippen LogP contribution in [0.15, 0.2) is 66.7 Å². The Hall–Kier alpha value is -5.68. The number of halogens is 4. The van der Waals surface area contributed by atoms with Crippen LogP contribution >= 0.6 is 0 Å². The summed E-state index contributed by atoms with van der Waals surface area (Å²) in [5.41, 5.74) is 10.4. The minimum Gasteiger partial charge on any atom is -0.477 e. The van der Waals surface area contributed by atoms with Gasteiger partial charge in [-0.25, -0.2) is 9.78 Å². The van der Waals surface area contributed by atoms with Crippen molar-refractivity contribution in [1.29, 1.82) is 0 Å². The Morgan fingerprint density at radius 2 is 1.52 bits per heavy atom. The van der Waals surface area contributed by atoms with E-state index < -0.39 is 41.4 Å². The van der Waals surface area contributed by atoms with Crippen LogP contribution in [0, 0.1) is 18.8 Å². The molecule has 2 aliphatic carbocycles. The lowest BCUT2D eigenvalue weighted by Crippen LogP contribution is -2.48. The largest absolute Gasteiger partial charge is 0.477 e. The maximum absolute atomic E-state index is 14.3. The number of nitrogens with zero attached hydrogens (tertiary/aromatic N) is 3. The van der Waals surface area contributed by atoms with Crippen molar-refractivity contribution in [1.82, 2.24) is 30.7 Å². The molecule has 1 heterocycles. The second-order valence-electron chi connectivity index (χ2n) is 16.4. The molecule has 0 saturated heterocycles.